The van der Waals surface area contributed by atoms with Gasteiger partial charge < -0.3 is 5.32 Å². The minimum absolute atomic E-state index is 0.723. The molecule has 0 saturated carbocycles. The Morgan fingerprint density at radius 3 is 2.74 bits per heavy atom. The van der Waals surface area contributed by atoms with E-state index >= 15 is 0 Å². The maximum Gasteiger partial charge on any atom is 0.133 e. The molecule has 1 heterocycles. The molecular weight excluding hydrogens is 258 g/mol. The van der Waals surface area contributed by atoms with E-state index in [1.54, 1.807) is 6.33 Å². The van der Waals surface area contributed by atoms with Crippen LogP contribution in [0, 0.1) is 0 Å². The molecule has 3 nitrogen and oxygen atoms in total. The molecule has 19 heavy (non-hydrogen) atoms. The maximum atomic E-state index is 6.05. The summed E-state index contributed by atoms with van der Waals surface area (Å²) in [5, 5.41) is 4.08. The molecule has 0 amide bonds. The second kappa shape index (κ2) is 6.53. The van der Waals surface area contributed by atoms with Gasteiger partial charge in [0.15, 0.2) is 0 Å². The van der Waals surface area contributed by atoms with Crippen molar-refractivity contribution < 1.29 is 0 Å². The van der Waals surface area contributed by atoms with Crippen molar-refractivity contribution in [2.45, 2.75) is 26.7 Å². The Morgan fingerprint density at radius 2 is 2.05 bits per heavy atom. The second-order valence-corrected chi connectivity index (χ2v) is 4.78. The van der Waals surface area contributed by atoms with Crippen LogP contribution < -0.4 is 5.32 Å². The highest BCUT2D eigenvalue weighted by Gasteiger charge is 2.11. The third kappa shape index (κ3) is 3.24. The first-order chi connectivity index (χ1) is 9.26. The predicted octanol–water partition coefficient (Wildman–Crippen LogP) is 4.18. The Morgan fingerprint density at radius 1 is 1.21 bits per heavy atom. The topological polar surface area (TPSA) is 37.8 Å². The molecule has 0 spiro atoms. The number of nitrogens with one attached hydrogen (secondary N) is 1. The first-order valence-electron chi connectivity index (χ1n) is 6.60. The Kier molecular flexibility index (Phi) is 4.74. The van der Waals surface area contributed by atoms with Gasteiger partial charge in [-0.15, -0.1) is 0 Å². The van der Waals surface area contributed by atoms with Gasteiger partial charge in [-0.3, -0.25) is 0 Å². The normalized spacial score (nSPS) is 10.5. The number of benzene rings is 1. The van der Waals surface area contributed by atoms with Crippen LogP contribution >= 0.6 is 11.6 Å². The Bertz CT molecular complexity index is 555. The van der Waals surface area contributed by atoms with Crippen LogP contribution in [-0.4, -0.2) is 16.5 Å². The predicted molar refractivity (Wildman–Crippen MR) is 80.6 cm³/mol. The molecule has 2 aromatic rings. The highest BCUT2D eigenvalue weighted by molar-refractivity contribution is 6.30. The van der Waals surface area contributed by atoms with Gasteiger partial charge in [-0.25, -0.2) is 9.97 Å². The van der Waals surface area contributed by atoms with Crippen LogP contribution in [0.4, 0.5) is 5.82 Å². The minimum atomic E-state index is 0.723. The zero-order valence-electron chi connectivity index (χ0n) is 11.3. The minimum Gasteiger partial charge on any atom is -0.370 e. The third-order valence-corrected chi connectivity index (χ3v) is 3.17. The van der Waals surface area contributed by atoms with E-state index in [0.29, 0.717) is 0 Å². The van der Waals surface area contributed by atoms with Crippen molar-refractivity contribution in [3.8, 4) is 11.3 Å². The monoisotopic (exact) mass is 275 g/mol. The lowest BCUT2D eigenvalue weighted by molar-refractivity contribution is 0.949. The maximum absolute atomic E-state index is 6.05. The summed E-state index contributed by atoms with van der Waals surface area (Å²) in [5.41, 5.74) is 3.13. The van der Waals surface area contributed by atoms with E-state index in [0.717, 1.165) is 47.0 Å². The Hall–Kier alpha value is -1.61. The summed E-state index contributed by atoms with van der Waals surface area (Å²) in [6.07, 6.45) is 3.56. The fourth-order valence-corrected chi connectivity index (χ4v) is 2.22. The van der Waals surface area contributed by atoms with Crippen molar-refractivity contribution in [3.63, 3.8) is 0 Å². The summed E-state index contributed by atoms with van der Waals surface area (Å²) >= 11 is 6.05. The molecule has 0 fully saturated rings. The van der Waals surface area contributed by atoms with Crippen molar-refractivity contribution in [3.05, 3.63) is 41.2 Å². The number of halogens is 1. The van der Waals surface area contributed by atoms with Crippen LogP contribution in [0.5, 0.6) is 0 Å². The number of nitrogens with zero attached hydrogens (tertiary/aromatic N) is 2. The molecule has 4 heteroatoms. The molecule has 0 radical (unpaired) electrons. The van der Waals surface area contributed by atoms with Gasteiger partial charge in [-0.2, -0.15) is 0 Å². The summed E-state index contributed by atoms with van der Waals surface area (Å²) in [5.74, 6) is 0.925. The van der Waals surface area contributed by atoms with Gasteiger partial charge in [-0.1, -0.05) is 37.6 Å². The highest BCUT2D eigenvalue weighted by Crippen LogP contribution is 2.27. The number of rotatable bonds is 5. The van der Waals surface area contributed by atoms with E-state index in [4.69, 9.17) is 11.6 Å². The summed E-state index contributed by atoms with van der Waals surface area (Å²) < 4.78 is 0. The average molecular weight is 276 g/mol. The van der Waals surface area contributed by atoms with E-state index in [-0.39, 0.29) is 0 Å². The fraction of sp³-hybridized carbons (Fsp3) is 0.333. The number of aromatic nitrogens is 2. The standard InChI is InChI=1S/C15H18ClN3/c1-3-8-17-15-13(4-2)14(18-10-19-15)11-6-5-7-12(16)9-11/h5-7,9-10H,3-4,8H2,1-2H3,(H,17,18,19). The lowest BCUT2D eigenvalue weighted by Crippen LogP contribution is -2.07. The Labute approximate surface area is 119 Å². The summed E-state index contributed by atoms with van der Waals surface area (Å²) in [6, 6.07) is 7.77. The molecule has 1 aromatic carbocycles. The molecular formula is C15H18ClN3. The van der Waals surface area contributed by atoms with Crippen LogP contribution in [0.15, 0.2) is 30.6 Å². The molecule has 1 N–H and O–H groups in total. The first-order valence-corrected chi connectivity index (χ1v) is 6.97. The molecule has 1 aromatic heterocycles. The van der Waals surface area contributed by atoms with Crippen LogP contribution in [0.1, 0.15) is 25.8 Å². The molecule has 2 rings (SSSR count). The lowest BCUT2D eigenvalue weighted by Gasteiger charge is -2.13. The zero-order chi connectivity index (χ0) is 13.7. The number of hydrogen-bond acceptors (Lipinski definition) is 3. The van der Waals surface area contributed by atoms with Crippen LogP contribution in [0.25, 0.3) is 11.3 Å². The first kappa shape index (κ1) is 13.8. The largest absolute Gasteiger partial charge is 0.370 e. The molecule has 0 aliphatic carbocycles. The molecule has 0 saturated heterocycles. The van der Waals surface area contributed by atoms with Gasteiger partial charge in [0.05, 0.1) is 5.69 Å². The smallest absolute Gasteiger partial charge is 0.133 e. The summed E-state index contributed by atoms with van der Waals surface area (Å²) in [6.45, 7) is 5.17. The van der Waals surface area contributed by atoms with Crippen molar-refractivity contribution in [1.82, 2.24) is 9.97 Å². The van der Waals surface area contributed by atoms with E-state index in [1.807, 2.05) is 24.3 Å². The summed E-state index contributed by atoms with van der Waals surface area (Å²) in [7, 11) is 0. The van der Waals surface area contributed by atoms with Crippen LogP contribution in [0.2, 0.25) is 5.02 Å². The molecule has 100 valence electrons. The van der Waals surface area contributed by atoms with E-state index in [9.17, 15) is 0 Å². The van der Waals surface area contributed by atoms with Gasteiger partial charge in [0.1, 0.15) is 12.1 Å². The zero-order valence-corrected chi connectivity index (χ0v) is 12.0. The number of anilines is 1. The van der Waals surface area contributed by atoms with Crippen molar-refractivity contribution in [1.29, 1.82) is 0 Å². The van der Waals surface area contributed by atoms with E-state index < -0.39 is 0 Å². The van der Waals surface area contributed by atoms with Gasteiger partial charge in [-0.05, 0) is 25.0 Å². The fourth-order valence-electron chi connectivity index (χ4n) is 2.03. The Balaban J connectivity index is 2.45. The third-order valence-electron chi connectivity index (χ3n) is 2.94. The number of hydrogen-bond donors (Lipinski definition) is 1. The lowest BCUT2D eigenvalue weighted by atomic mass is 10.0. The molecule has 0 unspecified atom stereocenters. The molecule has 0 aliphatic heterocycles. The highest BCUT2D eigenvalue weighted by atomic mass is 35.5. The molecule has 0 atom stereocenters. The quantitative estimate of drug-likeness (QED) is 0.889. The van der Waals surface area contributed by atoms with Gasteiger partial charge >= 0.3 is 0 Å². The van der Waals surface area contributed by atoms with Crippen LogP contribution in [0.3, 0.4) is 0 Å². The van der Waals surface area contributed by atoms with Gasteiger partial charge in [0.2, 0.25) is 0 Å². The van der Waals surface area contributed by atoms with Crippen LogP contribution in [-0.2, 0) is 6.42 Å². The van der Waals surface area contributed by atoms with Gasteiger partial charge in [0, 0.05) is 22.7 Å². The van der Waals surface area contributed by atoms with E-state index in [1.165, 1.54) is 0 Å². The second-order valence-electron chi connectivity index (χ2n) is 4.34. The van der Waals surface area contributed by atoms with Crippen molar-refractivity contribution in [2.24, 2.45) is 0 Å². The van der Waals surface area contributed by atoms with Crippen molar-refractivity contribution >= 4 is 17.4 Å². The molecule has 0 bridgehead atoms. The van der Waals surface area contributed by atoms with Crippen molar-refractivity contribution in [2.75, 3.05) is 11.9 Å². The average Bonchev–Trinajstić information content (AvgIpc) is 2.44. The van der Waals surface area contributed by atoms with E-state index in [2.05, 4.69) is 29.1 Å². The SMILES string of the molecule is CCCNc1ncnc(-c2cccc(Cl)c2)c1CC. The van der Waals surface area contributed by atoms with Gasteiger partial charge in [0.25, 0.3) is 0 Å². The summed E-state index contributed by atoms with van der Waals surface area (Å²) in [4.78, 5) is 8.76. The molecule has 0 aliphatic rings.